The van der Waals surface area contributed by atoms with Gasteiger partial charge >= 0.3 is 0 Å². The SMILES string of the molecule is CCc1ccc(N2C(N)=C(C#N)[C@@]3(C(=O)Nc4ccc(C)cc43)C3=C2CC(C)(C)CC3=O)cc1. The van der Waals surface area contributed by atoms with Crippen molar-refractivity contribution in [3.63, 3.8) is 0 Å². The van der Waals surface area contributed by atoms with Crippen LogP contribution < -0.4 is 16.0 Å². The third-order valence-electron chi connectivity index (χ3n) is 7.25. The summed E-state index contributed by atoms with van der Waals surface area (Å²) in [6, 6.07) is 15.8. The molecule has 0 saturated heterocycles. The van der Waals surface area contributed by atoms with E-state index in [0.29, 0.717) is 35.4 Å². The summed E-state index contributed by atoms with van der Waals surface area (Å²) >= 11 is 0. The molecule has 34 heavy (non-hydrogen) atoms. The van der Waals surface area contributed by atoms with E-state index in [0.717, 1.165) is 17.7 Å². The van der Waals surface area contributed by atoms with Crippen molar-refractivity contribution in [1.29, 1.82) is 5.26 Å². The van der Waals surface area contributed by atoms with Crippen LogP contribution in [0.4, 0.5) is 11.4 Å². The van der Waals surface area contributed by atoms with Crippen LogP contribution in [0.2, 0.25) is 0 Å². The molecule has 0 unspecified atom stereocenters. The first-order valence-electron chi connectivity index (χ1n) is 11.6. The highest BCUT2D eigenvalue weighted by Gasteiger charge is 2.61. The third kappa shape index (κ3) is 2.86. The Morgan fingerprint density at radius 2 is 1.82 bits per heavy atom. The minimum Gasteiger partial charge on any atom is -0.384 e. The lowest BCUT2D eigenvalue weighted by atomic mass is 9.60. The average molecular weight is 453 g/mol. The second-order valence-electron chi connectivity index (χ2n) is 10.2. The van der Waals surface area contributed by atoms with E-state index in [9.17, 15) is 14.9 Å². The van der Waals surface area contributed by atoms with E-state index in [2.05, 4.69) is 18.3 Å². The summed E-state index contributed by atoms with van der Waals surface area (Å²) in [4.78, 5) is 29.4. The number of anilines is 2. The molecule has 0 bridgehead atoms. The zero-order valence-corrected chi connectivity index (χ0v) is 20.0. The van der Waals surface area contributed by atoms with Crippen molar-refractivity contribution < 1.29 is 9.59 Å². The van der Waals surface area contributed by atoms with Crippen LogP contribution in [-0.4, -0.2) is 11.7 Å². The Morgan fingerprint density at radius 1 is 1.12 bits per heavy atom. The number of fused-ring (bicyclic) bond motifs is 3. The Labute approximate surface area is 199 Å². The maximum Gasteiger partial charge on any atom is 0.245 e. The molecule has 6 nitrogen and oxygen atoms in total. The third-order valence-corrected chi connectivity index (χ3v) is 7.25. The van der Waals surface area contributed by atoms with E-state index < -0.39 is 11.3 Å². The lowest BCUT2D eigenvalue weighted by Gasteiger charge is -2.46. The molecule has 3 aliphatic rings. The smallest absolute Gasteiger partial charge is 0.245 e. The number of nitrogens with two attached hydrogens (primary N) is 1. The van der Waals surface area contributed by atoms with Gasteiger partial charge < -0.3 is 11.1 Å². The number of hydrogen-bond donors (Lipinski definition) is 2. The van der Waals surface area contributed by atoms with Crippen molar-refractivity contribution >= 4 is 23.1 Å². The molecule has 1 atom stereocenters. The quantitative estimate of drug-likeness (QED) is 0.694. The van der Waals surface area contributed by atoms with Crippen molar-refractivity contribution in [2.45, 2.75) is 52.4 Å². The molecule has 172 valence electrons. The summed E-state index contributed by atoms with van der Waals surface area (Å²) < 4.78 is 0. The summed E-state index contributed by atoms with van der Waals surface area (Å²) in [7, 11) is 0. The number of nitrogens with zero attached hydrogens (tertiary/aromatic N) is 2. The van der Waals surface area contributed by atoms with Crippen LogP contribution in [0.1, 0.15) is 50.3 Å². The lowest BCUT2D eigenvalue weighted by Crippen LogP contribution is -2.52. The zero-order chi connectivity index (χ0) is 24.4. The van der Waals surface area contributed by atoms with E-state index in [1.54, 1.807) is 0 Å². The number of carbonyl (C=O) groups excluding carboxylic acids is 2. The van der Waals surface area contributed by atoms with Crippen LogP contribution in [0, 0.1) is 23.7 Å². The fourth-order valence-electron chi connectivity index (χ4n) is 5.71. The van der Waals surface area contributed by atoms with Crippen LogP contribution in [0.5, 0.6) is 0 Å². The minimum atomic E-state index is -1.54. The van der Waals surface area contributed by atoms with Gasteiger partial charge in [-0.15, -0.1) is 0 Å². The lowest BCUT2D eigenvalue weighted by molar-refractivity contribution is -0.123. The Morgan fingerprint density at radius 3 is 2.47 bits per heavy atom. The first-order chi connectivity index (χ1) is 16.1. The fraction of sp³-hybridized carbons (Fsp3) is 0.321. The second kappa shape index (κ2) is 7.33. The van der Waals surface area contributed by atoms with Crippen LogP contribution >= 0.6 is 0 Å². The van der Waals surface area contributed by atoms with Crippen molar-refractivity contribution in [2.24, 2.45) is 11.1 Å². The summed E-state index contributed by atoms with van der Waals surface area (Å²) in [5, 5.41) is 13.3. The Bertz CT molecular complexity index is 1360. The number of benzene rings is 2. The molecule has 0 saturated carbocycles. The maximum atomic E-state index is 13.9. The van der Waals surface area contributed by atoms with Gasteiger partial charge in [0.15, 0.2) is 5.78 Å². The van der Waals surface area contributed by atoms with Crippen LogP contribution in [0.3, 0.4) is 0 Å². The van der Waals surface area contributed by atoms with Gasteiger partial charge in [-0.3, -0.25) is 14.5 Å². The molecule has 1 amide bonds. The molecule has 2 aromatic carbocycles. The van der Waals surface area contributed by atoms with Crippen LogP contribution in [-0.2, 0) is 21.4 Å². The van der Waals surface area contributed by atoms with Gasteiger partial charge in [0, 0.05) is 34.6 Å². The van der Waals surface area contributed by atoms with E-state index in [4.69, 9.17) is 5.73 Å². The topological polar surface area (TPSA) is 99.2 Å². The highest BCUT2D eigenvalue weighted by Crippen LogP contribution is 2.57. The van der Waals surface area contributed by atoms with Crippen molar-refractivity contribution in [3.05, 3.63) is 81.8 Å². The summed E-state index contributed by atoms with van der Waals surface area (Å²) in [5.74, 6) is -0.319. The van der Waals surface area contributed by atoms with E-state index in [-0.39, 0.29) is 22.6 Å². The van der Waals surface area contributed by atoms with Gasteiger partial charge in [-0.2, -0.15) is 5.26 Å². The summed E-state index contributed by atoms with van der Waals surface area (Å²) in [5.41, 5.74) is 10.2. The predicted octanol–water partition coefficient (Wildman–Crippen LogP) is 4.60. The van der Waals surface area contributed by atoms with Gasteiger partial charge in [-0.1, -0.05) is 50.6 Å². The van der Waals surface area contributed by atoms with E-state index in [1.165, 1.54) is 5.56 Å². The van der Waals surface area contributed by atoms with Crippen LogP contribution in [0.25, 0.3) is 0 Å². The number of rotatable bonds is 2. The molecule has 2 aliphatic heterocycles. The average Bonchev–Trinajstić information content (AvgIpc) is 3.05. The van der Waals surface area contributed by atoms with Crippen molar-refractivity contribution in [3.8, 4) is 6.07 Å². The van der Waals surface area contributed by atoms with Gasteiger partial charge in [-0.05, 0) is 48.9 Å². The second-order valence-corrected chi connectivity index (χ2v) is 10.2. The molecule has 0 radical (unpaired) electrons. The number of ketones is 1. The molecule has 1 spiro atoms. The van der Waals surface area contributed by atoms with E-state index >= 15 is 0 Å². The van der Waals surface area contributed by atoms with Crippen LogP contribution in [0.15, 0.2) is 65.1 Å². The molecule has 6 heteroatoms. The first kappa shape index (κ1) is 22.0. The number of nitrogens with one attached hydrogen (secondary N) is 1. The molecule has 5 rings (SSSR count). The number of carbonyl (C=O) groups is 2. The first-order valence-corrected chi connectivity index (χ1v) is 11.6. The fourth-order valence-corrected chi connectivity index (χ4v) is 5.71. The highest BCUT2D eigenvalue weighted by molar-refractivity contribution is 6.20. The highest BCUT2D eigenvalue weighted by atomic mass is 16.2. The molecule has 0 fully saturated rings. The molecular weight excluding hydrogens is 424 g/mol. The van der Waals surface area contributed by atoms with Gasteiger partial charge in [-0.25, -0.2) is 0 Å². The Balaban J connectivity index is 1.87. The zero-order valence-electron chi connectivity index (χ0n) is 20.0. The Hall–Kier alpha value is -3.85. The molecule has 0 aromatic heterocycles. The van der Waals surface area contributed by atoms with Crippen molar-refractivity contribution in [2.75, 3.05) is 10.2 Å². The minimum absolute atomic E-state index is 0.0979. The normalized spacial score (nSPS) is 23.1. The monoisotopic (exact) mass is 452 g/mol. The van der Waals surface area contributed by atoms with E-state index in [1.807, 2.05) is 68.1 Å². The van der Waals surface area contributed by atoms with Crippen molar-refractivity contribution in [1.82, 2.24) is 0 Å². The molecule has 1 aliphatic carbocycles. The number of Topliss-reactive ketones (excluding diaryl/α,β-unsaturated/α-hetero) is 1. The number of aryl methyl sites for hydroxylation is 2. The summed E-state index contributed by atoms with van der Waals surface area (Å²) in [6.45, 7) is 8.11. The predicted molar refractivity (Wildman–Crippen MR) is 132 cm³/mol. The number of allylic oxidation sites excluding steroid dienone is 1. The van der Waals surface area contributed by atoms with Gasteiger partial charge in [0.25, 0.3) is 0 Å². The summed E-state index contributed by atoms with van der Waals surface area (Å²) in [6.07, 6.45) is 1.75. The molecule has 2 aromatic rings. The Kier molecular flexibility index (Phi) is 4.73. The molecule has 2 heterocycles. The van der Waals surface area contributed by atoms with Gasteiger partial charge in [0.05, 0.1) is 5.57 Å². The standard InChI is InChI=1S/C28H28N4O2/c1-5-17-7-9-18(10-8-17)32-22-13-27(3,4)14-23(33)24(22)28(20(15-29)25(32)30)19-12-16(2)6-11-21(19)31-26(28)34/h6-12H,5,13-14,30H2,1-4H3,(H,31,34)/t28-/m1/s1. The largest absolute Gasteiger partial charge is 0.384 e. The number of amides is 1. The number of hydrogen-bond acceptors (Lipinski definition) is 5. The van der Waals surface area contributed by atoms with Gasteiger partial charge in [0.2, 0.25) is 5.91 Å². The van der Waals surface area contributed by atoms with Gasteiger partial charge in [0.1, 0.15) is 17.3 Å². The molecule has 3 N–H and O–H groups in total. The maximum absolute atomic E-state index is 13.9. The number of nitriles is 1. The molecular formula is C28H28N4O2.